The van der Waals surface area contributed by atoms with Crippen molar-refractivity contribution >= 4 is 11.9 Å². The van der Waals surface area contributed by atoms with Crippen LogP contribution in [0, 0.1) is 0 Å². The molecule has 0 aliphatic carbocycles. The van der Waals surface area contributed by atoms with Crippen LogP contribution in [0.3, 0.4) is 0 Å². The molecular formula is C61H112O5. The van der Waals surface area contributed by atoms with E-state index >= 15 is 0 Å². The molecule has 0 spiro atoms. The molecule has 0 saturated heterocycles. The van der Waals surface area contributed by atoms with E-state index in [2.05, 4.69) is 69.4 Å². The topological polar surface area (TPSA) is 61.8 Å². The van der Waals surface area contributed by atoms with Gasteiger partial charge in [-0.1, -0.05) is 243 Å². The Bertz CT molecular complexity index is 1090. The fourth-order valence-electron chi connectivity index (χ4n) is 8.40. The van der Waals surface area contributed by atoms with Crippen molar-refractivity contribution in [2.45, 2.75) is 309 Å². The lowest BCUT2D eigenvalue weighted by molar-refractivity contribution is -0.163. The second kappa shape index (κ2) is 57.2. The van der Waals surface area contributed by atoms with Gasteiger partial charge in [0, 0.05) is 19.4 Å². The van der Waals surface area contributed by atoms with Crippen molar-refractivity contribution in [3.05, 3.63) is 48.6 Å². The van der Waals surface area contributed by atoms with Gasteiger partial charge >= 0.3 is 11.9 Å². The van der Waals surface area contributed by atoms with Crippen LogP contribution in [0.15, 0.2) is 48.6 Å². The Kier molecular flexibility index (Phi) is 55.3. The summed E-state index contributed by atoms with van der Waals surface area (Å²) in [6.45, 7) is 7.79. The number of ether oxygens (including phenoxy) is 3. The molecule has 5 heteroatoms. The Morgan fingerprint density at radius 2 is 0.652 bits per heavy atom. The fraction of sp³-hybridized carbons (Fsp3) is 0.836. The largest absolute Gasteiger partial charge is 0.462 e. The Hall–Kier alpha value is -2.14. The maximum atomic E-state index is 12.8. The molecule has 0 aromatic heterocycles. The van der Waals surface area contributed by atoms with Crippen LogP contribution in [0.1, 0.15) is 303 Å². The first-order chi connectivity index (χ1) is 32.6. The third kappa shape index (κ3) is 54.5. The zero-order valence-electron chi connectivity index (χ0n) is 44.5. The summed E-state index contributed by atoms with van der Waals surface area (Å²) in [5.74, 6) is -0.399. The lowest BCUT2D eigenvalue weighted by Crippen LogP contribution is -2.30. The normalized spacial score (nSPS) is 12.5. The maximum Gasteiger partial charge on any atom is 0.306 e. The van der Waals surface area contributed by atoms with E-state index < -0.39 is 6.10 Å². The molecule has 0 radical (unpaired) electrons. The molecule has 0 aliphatic heterocycles. The summed E-state index contributed by atoms with van der Waals surface area (Å²) in [6, 6.07) is 0. The van der Waals surface area contributed by atoms with Gasteiger partial charge in [0.05, 0.1) is 6.61 Å². The standard InChI is InChI=1S/C61H112O5/c1-4-7-10-13-16-19-22-24-26-28-30-32-34-36-38-41-44-47-50-53-56-64-57-59(66-61(63)55-52-49-46-43-39-21-18-15-12-9-6-3)58-65-60(62)54-51-48-45-42-40-37-35-33-31-29-27-25-23-20-17-14-11-8-5-2/h15-16,18-19,24-27,59H,4-14,17,20-23,28-58H2,1-3H3/b18-15-,19-16-,26-24-,27-25-. The average Bonchev–Trinajstić information content (AvgIpc) is 3.32. The first-order valence-electron chi connectivity index (χ1n) is 29.2. The van der Waals surface area contributed by atoms with E-state index in [0.29, 0.717) is 19.4 Å². The third-order valence-electron chi connectivity index (χ3n) is 12.8. The molecule has 0 rings (SSSR count). The van der Waals surface area contributed by atoms with Gasteiger partial charge in [-0.2, -0.15) is 0 Å². The summed E-state index contributed by atoms with van der Waals surface area (Å²) >= 11 is 0. The summed E-state index contributed by atoms with van der Waals surface area (Å²) < 4.78 is 17.5. The number of carbonyl (C=O) groups excluding carboxylic acids is 2. The molecule has 0 aliphatic rings. The Balaban J connectivity index is 4.18. The highest BCUT2D eigenvalue weighted by Gasteiger charge is 2.17. The van der Waals surface area contributed by atoms with E-state index in [0.717, 1.165) is 57.8 Å². The summed E-state index contributed by atoms with van der Waals surface area (Å²) in [5, 5.41) is 0. The zero-order valence-corrected chi connectivity index (χ0v) is 44.5. The van der Waals surface area contributed by atoms with Crippen molar-refractivity contribution in [1.82, 2.24) is 0 Å². The average molecular weight is 926 g/mol. The monoisotopic (exact) mass is 925 g/mol. The molecular weight excluding hydrogens is 813 g/mol. The number of hydrogen-bond acceptors (Lipinski definition) is 5. The molecule has 0 aromatic carbocycles. The molecule has 0 fully saturated rings. The fourth-order valence-corrected chi connectivity index (χ4v) is 8.40. The van der Waals surface area contributed by atoms with E-state index in [4.69, 9.17) is 14.2 Å². The van der Waals surface area contributed by atoms with Crippen LogP contribution in [-0.4, -0.2) is 37.9 Å². The molecule has 5 nitrogen and oxygen atoms in total. The van der Waals surface area contributed by atoms with Gasteiger partial charge in [0.15, 0.2) is 6.10 Å². The molecule has 0 aromatic rings. The van der Waals surface area contributed by atoms with Gasteiger partial charge < -0.3 is 14.2 Å². The van der Waals surface area contributed by atoms with Crippen molar-refractivity contribution in [2.75, 3.05) is 19.8 Å². The smallest absolute Gasteiger partial charge is 0.306 e. The van der Waals surface area contributed by atoms with Gasteiger partial charge in [-0.05, 0) is 96.3 Å². The number of esters is 2. The van der Waals surface area contributed by atoms with E-state index in [-0.39, 0.29) is 25.2 Å². The van der Waals surface area contributed by atoms with Crippen LogP contribution >= 0.6 is 0 Å². The Morgan fingerprint density at radius 1 is 0.333 bits per heavy atom. The predicted octanol–water partition coefficient (Wildman–Crippen LogP) is 19.9. The van der Waals surface area contributed by atoms with Crippen LogP contribution in [0.5, 0.6) is 0 Å². The number of rotatable bonds is 54. The van der Waals surface area contributed by atoms with Gasteiger partial charge in [-0.15, -0.1) is 0 Å². The number of hydrogen-bond donors (Lipinski definition) is 0. The first-order valence-corrected chi connectivity index (χ1v) is 29.2. The van der Waals surface area contributed by atoms with Gasteiger partial charge in [0.1, 0.15) is 6.61 Å². The SMILES string of the molecule is CCCC/C=C\CCCCCCCC(=O)OC(COCCCCCCCCCCCC/C=C\C/C=C\CCCCC)COC(=O)CCCCCCCCCCC/C=C\CCCCCCCC. The van der Waals surface area contributed by atoms with E-state index in [1.165, 1.54) is 212 Å². The van der Waals surface area contributed by atoms with Crippen LogP contribution in [-0.2, 0) is 23.8 Å². The second-order valence-electron chi connectivity index (χ2n) is 19.5. The van der Waals surface area contributed by atoms with Crippen molar-refractivity contribution in [2.24, 2.45) is 0 Å². The predicted molar refractivity (Wildman–Crippen MR) is 288 cm³/mol. The molecule has 0 saturated carbocycles. The lowest BCUT2D eigenvalue weighted by Gasteiger charge is -2.18. The van der Waals surface area contributed by atoms with Gasteiger partial charge in [-0.3, -0.25) is 9.59 Å². The van der Waals surface area contributed by atoms with Crippen LogP contribution in [0.2, 0.25) is 0 Å². The lowest BCUT2D eigenvalue weighted by atomic mass is 10.1. The van der Waals surface area contributed by atoms with Gasteiger partial charge in [-0.25, -0.2) is 0 Å². The van der Waals surface area contributed by atoms with Crippen molar-refractivity contribution in [3.8, 4) is 0 Å². The van der Waals surface area contributed by atoms with Crippen LogP contribution in [0.25, 0.3) is 0 Å². The molecule has 1 unspecified atom stereocenters. The van der Waals surface area contributed by atoms with Crippen molar-refractivity contribution < 1.29 is 23.8 Å². The van der Waals surface area contributed by atoms with E-state index in [9.17, 15) is 9.59 Å². The molecule has 386 valence electrons. The van der Waals surface area contributed by atoms with Crippen LogP contribution < -0.4 is 0 Å². The van der Waals surface area contributed by atoms with Gasteiger partial charge in [0.2, 0.25) is 0 Å². The van der Waals surface area contributed by atoms with Gasteiger partial charge in [0.25, 0.3) is 0 Å². The Labute approximate surface area is 412 Å². The first kappa shape index (κ1) is 63.9. The molecule has 1 atom stereocenters. The third-order valence-corrected chi connectivity index (χ3v) is 12.8. The minimum absolute atomic E-state index is 0.0822. The number of allylic oxidation sites excluding steroid dienone is 8. The minimum Gasteiger partial charge on any atom is -0.462 e. The quantitative estimate of drug-likeness (QED) is 0.0345. The maximum absolute atomic E-state index is 12.8. The molecule has 0 bridgehead atoms. The summed E-state index contributed by atoms with van der Waals surface area (Å²) in [7, 11) is 0. The van der Waals surface area contributed by atoms with E-state index in [1.807, 2.05) is 0 Å². The summed E-state index contributed by atoms with van der Waals surface area (Å²) in [5.41, 5.74) is 0. The number of carbonyl (C=O) groups is 2. The summed E-state index contributed by atoms with van der Waals surface area (Å²) in [4.78, 5) is 25.5. The number of unbranched alkanes of at least 4 members (excludes halogenated alkanes) is 35. The molecule has 66 heavy (non-hydrogen) atoms. The zero-order chi connectivity index (χ0) is 47.7. The highest BCUT2D eigenvalue weighted by atomic mass is 16.6. The van der Waals surface area contributed by atoms with E-state index in [1.54, 1.807) is 0 Å². The highest BCUT2D eigenvalue weighted by molar-refractivity contribution is 5.70. The second-order valence-corrected chi connectivity index (χ2v) is 19.5. The van der Waals surface area contributed by atoms with Crippen LogP contribution in [0.4, 0.5) is 0 Å². The molecule has 0 N–H and O–H groups in total. The minimum atomic E-state index is -0.541. The van der Waals surface area contributed by atoms with Crippen molar-refractivity contribution in [1.29, 1.82) is 0 Å². The summed E-state index contributed by atoms with van der Waals surface area (Å²) in [6.07, 6.45) is 71.3. The highest BCUT2D eigenvalue weighted by Crippen LogP contribution is 2.15. The molecule has 0 amide bonds. The Morgan fingerprint density at radius 3 is 1.09 bits per heavy atom. The molecule has 0 heterocycles. The van der Waals surface area contributed by atoms with Crippen molar-refractivity contribution in [3.63, 3.8) is 0 Å².